The van der Waals surface area contributed by atoms with E-state index in [4.69, 9.17) is 14.7 Å². The molecule has 0 aliphatic carbocycles. The number of nitriles is 1. The summed E-state index contributed by atoms with van der Waals surface area (Å²) >= 11 is 0. The van der Waals surface area contributed by atoms with E-state index in [-0.39, 0.29) is 5.91 Å². The molecule has 0 saturated heterocycles. The number of amides is 1. The lowest BCUT2D eigenvalue weighted by atomic mass is 10.1. The third-order valence-corrected chi connectivity index (χ3v) is 3.55. The maximum absolute atomic E-state index is 12.3. The molecule has 1 amide bonds. The van der Waals surface area contributed by atoms with Gasteiger partial charge < -0.3 is 14.8 Å². The normalized spacial score (nSPS) is 9.83. The van der Waals surface area contributed by atoms with E-state index >= 15 is 0 Å². The van der Waals surface area contributed by atoms with Gasteiger partial charge in [-0.3, -0.25) is 4.79 Å². The van der Waals surface area contributed by atoms with Crippen LogP contribution >= 0.6 is 0 Å². The van der Waals surface area contributed by atoms with Crippen LogP contribution in [0, 0.1) is 18.3 Å². The molecule has 0 aliphatic rings. The zero-order valence-corrected chi connectivity index (χ0v) is 13.3. The van der Waals surface area contributed by atoms with Crippen molar-refractivity contribution in [2.75, 3.05) is 14.2 Å². The standard InChI is InChI=1S/C18H18N2O3/c1-12-16(22-2)8-15(9-17(12)23-3)18(21)20-11-14-6-4-13(10-19)5-7-14/h4-9H,11H2,1-3H3,(H,20,21). The third kappa shape index (κ3) is 3.80. The van der Waals surface area contributed by atoms with Crippen LogP contribution in [-0.2, 0) is 6.54 Å². The van der Waals surface area contributed by atoms with Crippen LogP contribution in [0.3, 0.4) is 0 Å². The Hall–Kier alpha value is -3.00. The van der Waals surface area contributed by atoms with Gasteiger partial charge in [-0.05, 0) is 36.8 Å². The zero-order valence-electron chi connectivity index (χ0n) is 13.3. The molecule has 0 saturated carbocycles. The number of hydrogen-bond acceptors (Lipinski definition) is 4. The van der Waals surface area contributed by atoms with E-state index in [1.165, 1.54) is 0 Å². The maximum Gasteiger partial charge on any atom is 0.251 e. The molecule has 0 aromatic heterocycles. The SMILES string of the molecule is COc1cc(C(=O)NCc2ccc(C#N)cc2)cc(OC)c1C. The molecule has 2 aromatic rings. The Balaban J connectivity index is 2.12. The lowest BCUT2D eigenvalue weighted by molar-refractivity contribution is 0.0950. The summed E-state index contributed by atoms with van der Waals surface area (Å²) in [5, 5.41) is 11.6. The van der Waals surface area contributed by atoms with E-state index in [0.717, 1.165) is 11.1 Å². The van der Waals surface area contributed by atoms with Gasteiger partial charge in [0, 0.05) is 17.7 Å². The van der Waals surface area contributed by atoms with Gasteiger partial charge in [0.2, 0.25) is 0 Å². The Kier molecular flexibility index (Phi) is 5.21. The first kappa shape index (κ1) is 16.4. The summed E-state index contributed by atoms with van der Waals surface area (Å²) in [7, 11) is 3.11. The molecular weight excluding hydrogens is 292 g/mol. The number of methoxy groups -OCH3 is 2. The van der Waals surface area contributed by atoms with Gasteiger partial charge in [-0.2, -0.15) is 5.26 Å². The summed E-state index contributed by atoms with van der Waals surface area (Å²) in [6, 6.07) is 12.5. The highest BCUT2D eigenvalue weighted by molar-refractivity contribution is 5.95. The molecular formula is C18H18N2O3. The Morgan fingerprint density at radius 2 is 1.70 bits per heavy atom. The van der Waals surface area contributed by atoms with Crippen molar-refractivity contribution in [3.8, 4) is 17.6 Å². The molecule has 2 aromatic carbocycles. The first-order valence-corrected chi connectivity index (χ1v) is 7.09. The second-order valence-corrected chi connectivity index (χ2v) is 5.00. The number of carbonyl (C=O) groups excluding carboxylic acids is 1. The van der Waals surface area contributed by atoms with E-state index in [1.54, 1.807) is 38.5 Å². The smallest absolute Gasteiger partial charge is 0.251 e. The molecule has 0 heterocycles. The second-order valence-electron chi connectivity index (χ2n) is 5.00. The Morgan fingerprint density at radius 1 is 1.13 bits per heavy atom. The molecule has 5 nitrogen and oxygen atoms in total. The largest absolute Gasteiger partial charge is 0.496 e. The van der Waals surface area contributed by atoms with Crippen LogP contribution in [0.4, 0.5) is 0 Å². The minimum atomic E-state index is -0.217. The highest BCUT2D eigenvalue weighted by atomic mass is 16.5. The second kappa shape index (κ2) is 7.32. The van der Waals surface area contributed by atoms with Crippen LogP contribution < -0.4 is 14.8 Å². The number of nitrogens with zero attached hydrogens (tertiary/aromatic N) is 1. The van der Waals surface area contributed by atoms with Gasteiger partial charge in [0.25, 0.3) is 5.91 Å². The summed E-state index contributed by atoms with van der Waals surface area (Å²) in [4.78, 5) is 12.3. The fraction of sp³-hybridized carbons (Fsp3) is 0.222. The first-order chi connectivity index (χ1) is 11.1. The first-order valence-electron chi connectivity index (χ1n) is 7.09. The van der Waals surface area contributed by atoms with Crippen molar-refractivity contribution in [1.29, 1.82) is 5.26 Å². The van der Waals surface area contributed by atoms with E-state index in [0.29, 0.717) is 29.2 Å². The predicted octanol–water partition coefficient (Wildman–Crippen LogP) is 2.81. The van der Waals surface area contributed by atoms with E-state index in [9.17, 15) is 4.79 Å². The van der Waals surface area contributed by atoms with Crippen molar-refractivity contribution in [2.24, 2.45) is 0 Å². The Morgan fingerprint density at radius 3 is 2.17 bits per heavy atom. The van der Waals surface area contributed by atoms with Crippen LogP contribution in [0.15, 0.2) is 36.4 Å². The van der Waals surface area contributed by atoms with Crippen LogP contribution in [0.25, 0.3) is 0 Å². The van der Waals surface area contributed by atoms with Gasteiger partial charge in [0.05, 0.1) is 25.9 Å². The topological polar surface area (TPSA) is 71.3 Å². The summed E-state index contributed by atoms with van der Waals surface area (Å²) in [6.07, 6.45) is 0. The lowest BCUT2D eigenvalue weighted by Crippen LogP contribution is -2.23. The number of carbonyl (C=O) groups is 1. The van der Waals surface area contributed by atoms with Crippen LogP contribution in [0.2, 0.25) is 0 Å². The van der Waals surface area contributed by atoms with Gasteiger partial charge in [-0.15, -0.1) is 0 Å². The van der Waals surface area contributed by atoms with Crippen molar-refractivity contribution in [3.63, 3.8) is 0 Å². The van der Waals surface area contributed by atoms with E-state index in [1.807, 2.05) is 19.1 Å². The van der Waals surface area contributed by atoms with Gasteiger partial charge in [0.1, 0.15) is 11.5 Å². The molecule has 23 heavy (non-hydrogen) atoms. The monoisotopic (exact) mass is 310 g/mol. The summed E-state index contributed by atoms with van der Waals surface area (Å²) in [5.41, 5.74) is 2.83. The molecule has 0 atom stereocenters. The average Bonchev–Trinajstić information content (AvgIpc) is 2.60. The lowest BCUT2D eigenvalue weighted by Gasteiger charge is -2.12. The number of benzene rings is 2. The van der Waals surface area contributed by atoms with Crippen LogP contribution in [0.5, 0.6) is 11.5 Å². The van der Waals surface area contributed by atoms with Crippen molar-refractivity contribution in [3.05, 3.63) is 58.7 Å². The third-order valence-electron chi connectivity index (χ3n) is 3.55. The summed E-state index contributed by atoms with van der Waals surface area (Å²) in [5.74, 6) is 0.992. The molecule has 0 bridgehead atoms. The van der Waals surface area contributed by atoms with E-state index in [2.05, 4.69) is 11.4 Å². The minimum absolute atomic E-state index is 0.217. The highest BCUT2D eigenvalue weighted by Crippen LogP contribution is 2.29. The van der Waals surface area contributed by atoms with E-state index < -0.39 is 0 Å². The molecule has 0 radical (unpaired) electrons. The van der Waals surface area contributed by atoms with Crippen molar-refractivity contribution < 1.29 is 14.3 Å². The maximum atomic E-state index is 12.3. The number of ether oxygens (including phenoxy) is 2. The number of nitrogens with one attached hydrogen (secondary N) is 1. The van der Waals surface area contributed by atoms with Gasteiger partial charge in [0.15, 0.2) is 0 Å². The number of hydrogen-bond donors (Lipinski definition) is 1. The zero-order chi connectivity index (χ0) is 16.8. The average molecular weight is 310 g/mol. The highest BCUT2D eigenvalue weighted by Gasteiger charge is 2.13. The minimum Gasteiger partial charge on any atom is -0.496 e. The fourth-order valence-electron chi connectivity index (χ4n) is 2.20. The van der Waals surface area contributed by atoms with Crippen LogP contribution in [-0.4, -0.2) is 20.1 Å². The molecule has 0 fully saturated rings. The van der Waals surface area contributed by atoms with Crippen molar-refractivity contribution >= 4 is 5.91 Å². The van der Waals surface area contributed by atoms with Crippen molar-refractivity contribution in [2.45, 2.75) is 13.5 Å². The fourth-order valence-corrected chi connectivity index (χ4v) is 2.20. The molecule has 0 aliphatic heterocycles. The summed E-state index contributed by atoms with van der Waals surface area (Å²) < 4.78 is 10.6. The quantitative estimate of drug-likeness (QED) is 0.922. The molecule has 0 spiro atoms. The summed E-state index contributed by atoms with van der Waals surface area (Å²) in [6.45, 7) is 2.25. The molecule has 0 unspecified atom stereocenters. The Bertz CT molecular complexity index is 721. The number of rotatable bonds is 5. The molecule has 2 rings (SSSR count). The Labute approximate surface area is 135 Å². The van der Waals surface area contributed by atoms with Gasteiger partial charge in [-0.25, -0.2) is 0 Å². The van der Waals surface area contributed by atoms with Gasteiger partial charge in [-0.1, -0.05) is 12.1 Å². The molecule has 5 heteroatoms. The van der Waals surface area contributed by atoms with Crippen molar-refractivity contribution in [1.82, 2.24) is 5.32 Å². The molecule has 118 valence electrons. The van der Waals surface area contributed by atoms with Crippen LogP contribution in [0.1, 0.15) is 27.0 Å². The van der Waals surface area contributed by atoms with Gasteiger partial charge >= 0.3 is 0 Å². The molecule has 1 N–H and O–H groups in total. The predicted molar refractivity (Wildman–Crippen MR) is 86.6 cm³/mol.